The first-order valence-electron chi connectivity index (χ1n) is 12.1. The van der Waals surface area contributed by atoms with Crippen LogP contribution in [-0.4, -0.2) is 38.2 Å². The molecular weight excluding hydrogens is 488 g/mol. The number of hydrogen-bond donors (Lipinski definition) is 0. The van der Waals surface area contributed by atoms with Gasteiger partial charge in [-0.05, 0) is 73.0 Å². The summed E-state index contributed by atoms with van der Waals surface area (Å²) >= 11 is 0. The first-order valence-corrected chi connectivity index (χ1v) is 12.1. The van der Waals surface area contributed by atoms with Gasteiger partial charge < -0.3 is 23.7 Å². The highest BCUT2D eigenvalue weighted by Gasteiger charge is 2.15. The van der Waals surface area contributed by atoms with Crippen molar-refractivity contribution < 1.29 is 38.1 Å². The second-order valence-corrected chi connectivity index (χ2v) is 8.13. The lowest BCUT2D eigenvalue weighted by Crippen LogP contribution is -2.09. The summed E-state index contributed by atoms with van der Waals surface area (Å²) in [6.45, 7) is 4.11. The molecule has 0 aliphatic heterocycles. The minimum Gasteiger partial charge on any atom is -0.497 e. The van der Waals surface area contributed by atoms with E-state index in [9.17, 15) is 14.4 Å². The van der Waals surface area contributed by atoms with E-state index >= 15 is 0 Å². The molecule has 0 aromatic heterocycles. The van der Waals surface area contributed by atoms with Crippen LogP contribution in [0.5, 0.6) is 11.5 Å². The molecule has 0 saturated heterocycles. The fourth-order valence-electron chi connectivity index (χ4n) is 3.30. The standard InChI is InChI=1S/C30H30O8/c1-3-28(31)36-21-5-4-20-35-25-13-9-23(10-14-25)30(33)38-27-17-15-26(16-18-27)37-29(32)19-8-22-6-11-24(34-2)12-7-22/h3,6-15,17,19H,1,4-5,16,18,20-21H2,2H3/b19-8+. The predicted octanol–water partition coefficient (Wildman–Crippen LogP) is 5.56. The average molecular weight is 519 g/mol. The lowest BCUT2D eigenvalue weighted by Gasteiger charge is -2.14. The number of allylic oxidation sites excluding steroid dienone is 4. The summed E-state index contributed by atoms with van der Waals surface area (Å²) in [5, 5.41) is 0. The Labute approximate surface area is 221 Å². The van der Waals surface area contributed by atoms with Gasteiger partial charge in [0.25, 0.3) is 0 Å². The summed E-state index contributed by atoms with van der Waals surface area (Å²) in [4.78, 5) is 35.6. The molecule has 0 N–H and O–H groups in total. The SMILES string of the molecule is C=CC(=O)OCCCCOc1ccc(C(=O)OC2=CC=C(OC(=O)/C=C/c3ccc(OC)cc3)CC2)cc1. The zero-order valence-corrected chi connectivity index (χ0v) is 21.2. The van der Waals surface area contributed by atoms with Crippen LogP contribution in [-0.2, 0) is 23.8 Å². The molecule has 0 bridgehead atoms. The first kappa shape index (κ1) is 28.0. The Bertz CT molecular complexity index is 1200. The summed E-state index contributed by atoms with van der Waals surface area (Å²) in [5.74, 6) is 0.932. The van der Waals surface area contributed by atoms with E-state index in [-0.39, 0.29) is 0 Å². The second kappa shape index (κ2) is 14.8. The molecule has 0 radical (unpaired) electrons. The van der Waals surface area contributed by atoms with Crippen LogP contribution in [0.4, 0.5) is 0 Å². The molecule has 0 heterocycles. The van der Waals surface area contributed by atoms with Crippen LogP contribution >= 0.6 is 0 Å². The van der Waals surface area contributed by atoms with Crippen LogP contribution in [0.1, 0.15) is 41.6 Å². The van der Waals surface area contributed by atoms with Gasteiger partial charge in [-0.1, -0.05) is 18.7 Å². The molecule has 1 aliphatic rings. The number of ether oxygens (including phenoxy) is 5. The van der Waals surface area contributed by atoms with Gasteiger partial charge in [0, 0.05) is 25.0 Å². The number of methoxy groups -OCH3 is 1. The van der Waals surface area contributed by atoms with Crippen LogP contribution in [0.15, 0.2) is 90.9 Å². The number of benzene rings is 2. The Kier molecular flexibility index (Phi) is 10.9. The molecule has 0 amide bonds. The molecule has 198 valence electrons. The van der Waals surface area contributed by atoms with E-state index in [2.05, 4.69) is 6.58 Å². The Hall–Kier alpha value is -4.59. The molecule has 8 heteroatoms. The maximum Gasteiger partial charge on any atom is 0.343 e. The molecule has 2 aromatic rings. The van der Waals surface area contributed by atoms with Crippen molar-refractivity contribution >= 4 is 24.0 Å². The summed E-state index contributed by atoms with van der Waals surface area (Å²) in [5.41, 5.74) is 1.23. The molecule has 0 spiro atoms. The molecule has 3 rings (SSSR count). The zero-order chi connectivity index (χ0) is 27.2. The molecule has 38 heavy (non-hydrogen) atoms. The van der Waals surface area contributed by atoms with E-state index in [0.717, 1.165) is 17.4 Å². The van der Waals surface area contributed by atoms with Crippen molar-refractivity contribution in [2.75, 3.05) is 20.3 Å². The van der Waals surface area contributed by atoms with Crippen molar-refractivity contribution in [3.05, 3.63) is 102 Å². The highest BCUT2D eigenvalue weighted by atomic mass is 16.5. The molecule has 1 aliphatic carbocycles. The lowest BCUT2D eigenvalue weighted by molar-refractivity contribution is -0.138. The summed E-state index contributed by atoms with van der Waals surface area (Å²) in [7, 11) is 1.59. The van der Waals surface area contributed by atoms with E-state index in [1.54, 1.807) is 61.7 Å². The minimum atomic E-state index is -0.487. The van der Waals surface area contributed by atoms with E-state index in [1.165, 1.54) is 6.08 Å². The van der Waals surface area contributed by atoms with Gasteiger partial charge >= 0.3 is 17.9 Å². The molecule has 0 fully saturated rings. The fourth-order valence-corrected chi connectivity index (χ4v) is 3.30. The van der Waals surface area contributed by atoms with Crippen molar-refractivity contribution in [1.82, 2.24) is 0 Å². The molecule has 0 saturated carbocycles. The largest absolute Gasteiger partial charge is 0.497 e. The molecule has 8 nitrogen and oxygen atoms in total. The monoisotopic (exact) mass is 518 g/mol. The Morgan fingerprint density at radius 3 is 2.08 bits per heavy atom. The van der Waals surface area contributed by atoms with Crippen LogP contribution < -0.4 is 9.47 Å². The number of esters is 3. The van der Waals surface area contributed by atoms with Gasteiger partial charge in [-0.2, -0.15) is 0 Å². The van der Waals surface area contributed by atoms with Gasteiger partial charge in [0.05, 0.1) is 25.9 Å². The molecule has 0 atom stereocenters. The smallest absolute Gasteiger partial charge is 0.343 e. The molecular formula is C30H30O8. The average Bonchev–Trinajstić information content (AvgIpc) is 2.95. The zero-order valence-electron chi connectivity index (χ0n) is 21.2. The maximum absolute atomic E-state index is 12.5. The Morgan fingerprint density at radius 1 is 0.816 bits per heavy atom. The highest BCUT2D eigenvalue weighted by molar-refractivity contribution is 5.90. The fraction of sp³-hybridized carbons (Fsp3) is 0.233. The Morgan fingerprint density at radius 2 is 1.45 bits per heavy atom. The van der Waals surface area contributed by atoms with E-state index in [1.807, 2.05) is 12.1 Å². The summed E-state index contributed by atoms with van der Waals surface area (Å²) < 4.78 is 26.5. The lowest BCUT2D eigenvalue weighted by atomic mass is 10.1. The second-order valence-electron chi connectivity index (χ2n) is 8.13. The van der Waals surface area contributed by atoms with E-state index in [0.29, 0.717) is 61.7 Å². The van der Waals surface area contributed by atoms with E-state index in [4.69, 9.17) is 23.7 Å². The van der Waals surface area contributed by atoms with Crippen molar-refractivity contribution in [2.24, 2.45) is 0 Å². The predicted molar refractivity (Wildman–Crippen MR) is 141 cm³/mol. The van der Waals surface area contributed by atoms with E-state index < -0.39 is 17.9 Å². The summed E-state index contributed by atoms with van der Waals surface area (Å²) in [6, 6.07) is 13.9. The number of carbonyl (C=O) groups is 3. The Balaban J connectivity index is 1.40. The molecule has 0 unspecified atom stereocenters. The van der Waals surface area contributed by atoms with Gasteiger partial charge in [-0.15, -0.1) is 0 Å². The van der Waals surface area contributed by atoms with Crippen LogP contribution in [0, 0.1) is 0 Å². The van der Waals surface area contributed by atoms with Crippen LogP contribution in [0.3, 0.4) is 0 Å². The van der Waals surface area contributed by atoms with Gasteiger partial charge in [0.2, 0.25) is 0 Å². The van der Waals surface area contributed by atoms with Crippen LogP contribution in [0.25, 0.3) is 6.08 Å². The topological polar surface area (TPSA) is 97.4 Å². The van der Waals surface area contributed by atoms with Crippen molar-refractivity contribution in [1.29, 1.82) is 0 Å². The summed E-state index contributed by atoms with van der Waals surface area (Å²) in [6.07, 6.45) is 9.65. The third-order valence-electron chi connectivity index (χ3n) is 5.36. The third kappa shape index (κ3) is 9.46. The molecule has 2 aromatic carbocycles. The number of hydrogen-bond acceptors (Lipinski definition) is 8. The quantitative estimate of drug-likeness (QED) is 0.147. The van der Waals surface area contributed by atoms with Gasteiger partial charge in [-0.3, -0.25) is 0 Å². The van der Waals surface area contributed by atoms with Crippen molar-refractivity contribution in [2.45, 2.75) is 25.7 Å². The van der Waals surface area contributed by atoms with Gasteiger partial charge in [0.15, 0.2) is 0 Å². The van der Waals surface area contributed by atoms with Crippen molar-refractivity contribution in [3.8, 4) is 11.5 Å². The highest BCUT2D eigenvalue weighted by Crippen LogP contribution is 2.22. The number of carbonyl (C=O) groups excluding carboxylic acids is 3. The maximum atomic E-state index is 12.5. The number of unbranched alkanes of at least 4 members (excludes halogenated alkanes) is 1. The number of rotatable bonds is 13. The van der Waals surface area contributed by atoms with Crippen LogP contribution in [0.2, 0.25) is 0 Å². The third-order valence-corrected chi connectivity index (χ3v) is 5.36. The van der Waals surface area contributed by atoms with Gasteiger partial charge in [-0.25, -0.2) is 14.4 Å². The van der Waals surface area contributed by atoms with Gasteiger partial charge in [0.1, 0.15) is 23.0 Å². The first-order chi connectivity index (χ1) is 18.5. The minimum absolute atomic E-state index is 0.315. The van der Waals surface area contributed by atoms with Crippen molar-refractivity contribution in [3.63, 3.8) is 0 Å². The normalized spacial score (nSPS) is 12.7.